The Kier molecular flexibility index (Phi) is 7.32. The molecule has 0 aromatic heterocycles. The molecule has 0 heterocycles. The summed E-state index contributed by atoms with van der Waals surface area (Å²) in [6.07, 6.45) is 1.41. The van der Waals surface area contributed by atoms with E-state index in [0.717, 1.165) is 5.56 Å². The minimum atomic E-state index is -0.797. The number of para-hydroxylation sites is 1. The molecule has 0 saturated heterocycles. The van der Waals surface area contributed by atoms with Crippen molar-refractivity contribution in [2.45, 2.75) is 6.61 Å². The Bertz CT molecular complexity index is 1070. The van der Waals surface area contributed by atoms with Gasteiger partial charge < -0.3 is 14.2 Å². The first kappa shape index (κ1) is 21.5. The zero-order chi connectivity index (χ0) is 22.1. The molecule has 0 spiro atoms. The normalized spacial score (nSPS) is 10.1. The molecule has 0 aliphatic carbocycles. The van der Waals surface area contributed by atoms with E-state index in [2.05, 4.69) is 6.58 Å². The van der Waals surface area contributed by atoms with E-state index in [9.17, 15) is 14.4 Å². The van der Waals surface area contributed by atoms with E-state index in [4.69, 9.17) is 14.2 Å². The summed E-state index contributed by atoms with van der Waals surface area (Å²) in [4.78, 5) is 37.6. The zero-order valence-electron chi connectivity index (χ0n) is 16.7. The zero-order valence-corrected chi connectivity index (χ0v) is 16.7. The Hall–Kier alpha value is -4.19. The van der Waals surface area contributed by atoms with Gasteiger partial charge in [0, 0.05) is 0 Å². The third-order valence-electron chi connectivity index (χ3n) is 4.19. The van der Waals surface area contributed by atoms with Crippen molar-refractivity contribution in [1.29, 1.82) is 0 Å². The average molecular weight is 416 g/mol. The van der Waals surface area contributed by atoms with E-state index in [1.807, 2.05) is 30.3 Å². The Morgan fingerprint density at radius 1 is 0.742 bits per heavy atom. The molecular formula is C25H20O6. The second-order valence-electron chi connectivity index (χ2n) is 6.41. The number of carbonyl (C=O) groups excluding carboxylic acids is 3. The quantitative estimate of drug-likeness (QED) is 0.303. The van der Waals surface area contributed by atoms with E-state index < -0.39 is 17.9 Å². The molecule has 0 fully saturated rings. The molecule has 0 bridgehead atoms. The van der Waals surface area contributed by atoms with Crippen molar-refractivity contribution in [2.24, 2.45) is 0 Å². The molecule has 0 aliphatic heterocycles. The van der Waals surface area contributed by atoms with Crippen molar-refractivity contribution >= 4 is 17.9 Å². The fraction of sp³-hybridized carbons (Fsp3) is 0.0800. The lowest BCUT2D eigenvalue weighted by Crippen LogP contribution is -2.17. The predicted molar refractivity (Wildman–Crippen MR) is 114 cm³/mol. The largest absolute Gasteiger partial charge is 0.458 e. The van der Waals surface area contributed by atoms with Crippen LogP contribution in [0, 0.1) is 0 Å². The van der Waals surface area contributed by atoms with Crippen LogP contribution in [0.15, 0.2) is 91.5 Å². The van der Waals surface area contributed by atoms with Crippen molar-refractivity contribution in [1.82, 2.24) is 0 Å². The van der Waals surface area contributed by atoms with Gasteiger partial charge in [-0.05, 0) is 35.9 Å². The van der Waals surface area contributed by atoms with Crippen molar-refractivity contribution < 1.29 is 28.6 Å². The van der Waals surface area contributed by atoms with Crippen LogP contribution < -0.4 is 4.74 Å². The molecule has 6 nitrogen and oxygen atoms in total. The second kappa shape index (κ2) is 10.5. The summed E-state index contributed by atoms with van der Waals surface area (Å²) in [5.41, 5.74) is 0.801. The highest BCUT2D eigenvalue weighted by molar-refractivity contribution is 6.05. The number of carbonyl (C=O) groups is 3. The first-order valence-electron chi connectivity index (χ1n) is 9.49. The van der Waals surface area contributed by atoms with E-state index in [1.165, 1.54) is 24.3 Å². The number of hydrogen-bond donors (Lipinski definition) is 0. The van der Waals surface area contributed by atoms with Gasteiger partial charge in [0.2, 0.25) is 0 Å². The molecule has 0 radical (unpaired) electrons. The van der Waals surface area contributed by atoms with Gasteiger partial charge in [-0.1, -0.05) is 61.2 Å². The number of benzene rings is 3. The maximum absolute atomic E-state index is 12.8. The van der Waals surface area contributed by atoms with Crippen LogP contribution in [0.3, 0.4) is 0 Å². The maximum Gasteiger partial charge on any atom is 0.344 e. The monoisotopic (exact) mass is 416 g/mol. The van der Waals surface area contributed by atoms with Crippen LogP contribution in [-0.4, -0.2) is 24.5 Å². The van der Waals surface area contributed by atoms with E-state index in [1.54, 1.807) is 30.3 Å². The van der Waals surface area contributed by atoms with Crippen LogP contribution in [0.1, 0.15) is 36.6 Å². The Labute approximate surface area is 179 Å². The smallest absolute Gasteiger partial charge is 0.344 e. The lowest BCUT2D eigenvalue weighted by molar-refractivity contribution is 0.0470. The van der Waals surface area contributed by atoms with Crippen LogP contribution in [0.2, 0.25) is 0 Å². The van der Waals surface area contributed by atoms with Crippen LogP contribution in [0.4, 0.5) is 0 Å². The summed E-state index contributed by atoms with van der Waals surface area (Å²) in [7, 11) is 0. The predicted octanol–water partition coefficient (Wildman–Crippen LogP) is 4.61. The van der Waals surface area contributed by atoms with Crippen molar-refractivity contribution in [3.8, 4) is 5.75 Å². The molecule has 3 aromatic rings. The highest BCUT2D eigenvalue weighted by atomic mass is 16.5. The van der Waals surface area contributed by atoms with Gasteiger partial charge in [-0.25, -0.2) is 14.4 Å². The highest BCUT2D eigenvalue weighted by Crippen LogP contribution is 2.19. The molecule has 0 N–H and O–H groups in total. The Morgan fingerprint density at radius 3 is 2.10 bits per heavy atom. The van der Waals surface area contributed by atoms with Gasteiger partial charge in [-0.2, -0.15) is 0 Å². The van der Waals surface area contributed by atoms with Crippen molar-refractivity contribution in [3.05, 3.63) is 114 Å². The number of rotatable bonds is 8. The number of hydrogen-bond acceptors (Lipinski definition) is 6. The van der Waals surface area contributed by atoms with Gasteiger partial charge in [-0.15, -0.1) is 0 Å². The molecule has 31 heavy (non-hydrogen) atoms. The Balaban J connectivity index is 1.85. The molecular weight excluding hydrogens is 396 g/mol. The number of esters is 3. The van der Waals surface area contributed by atoms with Crippen molar-refractivity contribution in [3.63, 3.8) is 0 Å². The minimum Gasteiger partial charge on any atom is -0.458 e. The second-order valence-corrected chi connectivity index (χ2v) is 6.41. The topological polar surface area (TPSA) is 78.9 Å². The fourth-order valence-electron chi connectivity index (χ4n) is 2.69. The standard InChI is InChI=1S/C25H20O6/c1-2-15-29-24(27)21-14-13-19(23(26)30-17-18-9-5-3-6-10-18)16-22(21)25(28)31-20-11-7-4-8-12-20/h2-14,16H,1,15,17H2. The van der Waals surface area contributed by atoms with Crippen LogP contribution in [0.25, 0.3) is 0 Å². The molecule has 6 heteroatoms. The third kappa shape index (κ3) is 5.90. The first-order valence-corrected chi connectivity index (χ1v) is 9.49. The van der Waals surface area contributed by atoms with Crippen LogP contribution in [0.5, 0.6) is 5.75 Å². The molecule has 0 aliphatic rings. The summed E-state index contributed by atoms with van der Waals surface area (Å²) < 4.78 is 15.7. The van der Waals surface area contributed by atoms with E-state index >= 15 is 0 Å². The van der Waals surface area contributed by atoms with Gasteiger partial charge in [0.15, 0.2) is 0 Å². The lowest BCUT2D eigenvalue weighted by atomic mass is 10.0. The van der Waals surface area contributed by atoms with Crippen LogP contribution in [-0.2, 0) is 16.1 Å². The summed E-state index contributed by atoms with van der Waals surface area (Å²) in [6, 6.07) is 21.6. The summed E-state index contributed by atoms with van der Waals surface area (Å²) in [6.45, 7) is 3.55. The van der Waals surface area contributed by atoms with Gasteiger partial charge >= 0.3 is 17.9 Å². The molecule has 156 valence electrons. The van der Waals surface area contributed by atoms with Gasteiger partial charge in [0.25, 0.3) is 0 Å². The molecule has 0 amide bonds. The fourth-order valence-corrected chi connectivity index (χ4v) is 2.69. The van der Waals surface area contributed by atoms with E-state index in [-0.39, 0.29) is 29.9 Å². The van der Waals surface area contributed by atoms with Gasteiger partial charge in [0.05, 0.1) is 16.7 Å². The average Bonchev–Trinajstić information content (AvgIpc) is 2.82. The molecule has 3 aromatic carbocycles. The van der Waals surface area contributed by atoms with Crippen molar-refractivity contribution in [2.75, 3.05) is 6.61 Å². The van der Waals surface area contributed by atoms with Gasteiger partial charge in [0.1, 0.15) is 19.0 Å². The summed E-state index contributed by atoms with van der Waals surface area (Å²) >= 11 is 0. The number of ether oxygens (including phenoxy) is 3. The maximum atomic E-state index is 12.8. The summed E-state index contributed by atoms with van der Waals surface area (Å²) in [5, 5.41) is 0. The van der Waals surface area contributed by atoms with Crippen LogP contribution >= 0.6 is 0 Å². The minimum absolute atomic E-state index is 0.0210. The SMILES string of the molecule is C=CCOC(=O)c1ccc(C(=O)OCc2ccccc2)cc1C(=O)Oc1ccccc1. The first-order chi connectivity index (χ1) is 15.1. The molecule has 0 atom stereocenters. The van der Waals surface area contributed by atoms with E-state index in [0.29, 0.717) is 5.75 Å². The molecule has 3 rings (SSSR count). The highest BCUT2D eigenvalue weighted by Gasteiger charge is 2.22. The molecule has 0 unspecified atom stereocenters. The van der Waals surface area contributed by atoms with Gasteiger partial charge in [-0.3, -0.25) is 0 Å². The third-order valence-corrected chi connectivity index (χ3v) is 4.19. The summed E-state index contributed by atoms with van der Waals surface area (Å²) in [5.74, 6) is -1.86. The molecule has 0 saturated carbocycles. The Morgan fingerprint density at radius 2 is 1.42 bits per heavy atom. The lowest BCUT2D eigenvalue weighted by Gasteiger charge is -2.11.